The molecule has 0 saturated carbocycles. The number of rotatable bonds is 3. The standard InChI is InChI=1S/C18H17N3O5/c1-2-26-18(25)8-3-4-9-11(7-8)19-15-13(9)14(21-17(15)24)10-5-6-12(22)20-16(10)23/h3-4,7,10,14,19H,2,5-6H2,1H3,(H,21,24)(H,20,22,23). The highest BCUT2D eigenvalue weighted by Gasteiger charge is 2.42. The highest BCUT2D eigenvalue weighted by molar-refractivity contribution is 6.07. The second kappa shape index (κ2) is 5.98. The first-order valence-corrected chi connectivity index (χ1v) is 8.47. The fourth-order valence-electron chi connectivity index (χ4n) is 3.68. The minimum absolute atomic E-state index is 0.244. The molecule has 4 rings (SSSR count). The predicted octanol–water partition coefficient (Wildman–Crippen LogP) is 1.18. The monoisotopic (exact) mass is 355 g/mol. The molecule has 0 spiro atoms. The van der Waals surface area contributed by atoms with Crippen LogP contribution in [0.2, 0.25) is 0 Å². The Bertz CT molecular complexity index is 961. The molecule has 2 unspecified atom stereocenters. The van der Waals surface area contributed by atoms with Gasteiger partial charge in [-0.1, -0.05) is 6.07 Å². The van der Waals surface area contributed by atoms with E-state index in [4.69, 9.17) is 4.74 Å². The van der Waals surface area contributed by atoms with Crippen LogP contribution in [0.1, 0.15) is 52.2 Å². The van der Waals surface area contributed by atoms with Crippen molar-refractivity contribution in [2.75, 3.05) is 6.61 Å². The van der Waals surface area contributed by atoms with Crippen LogP contribution >= 0.6 is 0 Å². The molecule has 8 nitrogen and oxygen atoms in total. The highest BCUT2D eigenvalue weighted by atomic mass is 16.5. The average molecular weight is 355 g/mol. The number of amides is 3. The minimum atomic E-state index is -0.512. The topological polar surface area (TPSA) is 117 Å². The third-order valence-corrected chi connectivity index (χ3v) is 4.86. The largest absolute Gasteiger partial charge is 0.462 e. The van der Waals surface area contributed by atoms with Crippen molar-refractivity contribution in [2.45, 2.75) is 25.8 Å². The second-order valence-corrected chi connectivity index (χ2v) is 6.40. The lowest BCUT2D eigenvalue weighted by Gasteiger charge is -2.26. The molecule has 8 heteroatoms. The Kier molecular flexibility index (Phi) is 3.75. The molecule has 1 aromatic heterocycles. The van der Waals surface area contributed by atoms with Gasteiger partial charge in [0.1, 0.15) is 5.69 Å². The third kappa shape index (κ3) is 2.45. The van der Waals surface area contributed by atoms with Crippen LogP contribution in [-0.4, -0.2) is 35.3 Å². The molecule has 26 heavy (non-hydrogen) atoms. The normalized spacial score (nSPS) is 22.1. The lowest BCUT2D eigenvalue weighted by Crippen LogP contribution is -2.45. The molecule has 1 aromatic carbocycles. The Balaban J connectivity index is 1.75. The molecule has 2 aliphatic rings. The number of H-pyrrole nitrogens is 1. The summed E-state index contributed by atoms with van der Waals surface area (Å²) in [5.74, 6) is -1.92. The lowest BCUT2D eigenvalue weighted by molar-refractivity contribution is -0.137. The van der Waals surface area contributed by atoms with E-state index in [0.29, 0.717) is 28.8 Å². The average Bonchev–Trinajstić information content (AvgIpc) is 3.12. The maximum atomic E-state index is 12.3. The van der Waals surface area contributed by atoms with Crippen molar-refractivity contribution in [3.63, 3.8) is 0 Å². The second-order valence-electron chi connectivity index (χ2n) is 6.40. The number of hydrogen-bond acceptors (Lipinski definition) is 5. The van der Waals surface area contributed by atoms with Gasteiger partial charge in [-0.2, -0.15) is 0 Å². The Morgan fingerprint density at radius 1 is 1.27 bits per heavy atom. The van der Waals surface area contributed by atoms with Gasteiger partial charge in [0, 0.05) is 22.9 Å². The minimum Gasteiger partial charge on any atom is -0.462 e. The van der Waals surface area contributed by atoms with Crippen molar-refractivity contribution in [1.29, 1.82) is 0 Å². The quantitative estimate of drug-likeness (QED) is 0.564. The molecule has 3 amide bonds. The van der Waals surface area contributed by atoms with Gasteiger partial charge >= 0.3 is 5.97 Å². The van der Waals surface area contributed by atoms with Gasteiger partial charge in [-0.3, -0.25) is 19.7 Å². The Morgan fingerprint density at radius 3 is 2.81 bits per heavy atom. The number of benzene rings is 1. The van der Waals surface area contributed by atoms with Crippen LogP contribution in [0.3, 0.4) is 0 Å². The summed E-state index contributed by atoms with van der Waals surface area (Å²) < 4.78 is 5.00. The van der Waals surface area contributed by atoms with Crippen molar-refractivity contribution in [2.24, 2.45) is 5.92 Å². The summed E-state index contributed by atoms with van der Waals surface area (Å²) in [6.07, 6.45) is 0.621. The summed E-state index contributed by atoms with van der Waals surface area (Å²) in [5, 5.41) is 5.92. The molecular weight excluding hydrogens is 338 g/mol. The zero-order valence-electron chi connectivity index (χ0n) is 14.0. The highest BCUT2D eigenvalue weighted by Crippen LogP contribution is 2.39. The molecule has 0 aliphatic carbocycles. The van der Waals surface area contributed by atoms with Gasteiger partial charge in [0.05, 0.1) is 24.1 Å². The molecule has 0 radical (unpaired) electrons. The van der Waals surface area contributed by atoms with Crippen LogP contribution in [0.15, 0.2) is 18.2 Å². The van der Waals surface area contributed by atoms with Crippen molar-refractivity contribution in [3.05, 3.63) is 35.0 Å². The van der Waals surface area contributed by atoms with Crippen molar-refractivity contribution in [1.82, 2.24) is 15.6 Å². The molecule has 2 aliphatic heterocycles. The van der Waals surface area contributed by atoms with E-state index in [2.05, 4.69) is 15.6 Å². The van der Waals surface area contributed by atoms with Gasteiger partial charge < -0.3 is 15.0 Å². The number of nitrogens with one attached hydrogen (secondary N) is 3. The van der Waals surface area contributed by atoms with E-state index < -0.39 is 17.9 Å². The number of hydrogen-bond donors (Lipinski definition) is 3. The van der Waals surface area contributed by atoms with Gasteiger partial charge in [0.15, 0.2) is 0 Å². The van der Waals surface area contributed by atoms with E-state index in [1.807, 2.05) is 0 Å². The number of piperidine rings is 1. The van der Waals surface area contributed by atoms with Crippen LogP contribution in [0, 0.1) is 5.92 Å². The van der Waals surface area contributed by atoms with Crippen LogP contribution in [0.4, 0.5) is 0 Å². The van der Waals surface area contributed by atoms with Crippen LogP contribution in [0.5, 0.6) is 0 Å². The number of fused-ring (bicyclic) bond motifs is 3. The Morgan fingerprint density at radius 2 is 2.08 bits per heavy atom. The number of aromatic nitrogens is 1. The zero-order chi connectivity index (χ0) is 18.4. The molecule has 1 saturated heterocycles. The maximum absolute atomic E-state index is 12.3. The molecule has 3 N–H and O–H groups in total. The summed E-state index contributed by atoms with van der Waals surface area (Å²) in [7, 11) is 0. The van der Waals surface area contributed by atoms with E-state index in [1.165, 1.54) is 0 Å². The molecular formula is C18H17N3O5. The first-order chi connectivity index (χ1) is 12.5. The van der Waals surface area contributed by atoms with Gasteiger partial charge in [0.2, 0.25) is 11.8 Å². The molecule has 2 atom stereocenters. The summed E-state index contributed by atoms with van der Waals surface area (Å²) in [6, 6.07) is 4.52. The van der Waals surface area contributed by atoms with Gasteiger partial charge in [-0.15, -0.1) is 0 Å². The molecule has 2 aromatic rings. The first kappa shape index (κ1) is 16.3. The maximum Gasteiger partial charge on any atom is 0.338 e. The molecule has 134 valence electrons. The number of esters is 1. The fourth-order valence-corrected chi connectivity index (χ4v) is 3.68. The summed E-state index contributed by atoms with van der Waals surface area (Å²) in [5.41, 5.74) is 2.11. The van der Waals surface area contributed by atoms with E-state index in [0.717, 1.165) is 5.39 Å². The number of aromatic amines is 1. The van der Waals surface area contributed by atoms with Crippen molar-refractivity contribution >= 4 is 34.6 Å². The van der Waals surface area contributed by atoms with Gasteiger partial charge in [0.25, 0.3) is 5.91 Å². The van der Waals surface area contributed by atoms with E-state index in [-0.39, 0.29) is 30.7 Å². The van der Waals surface area contributed by atoms with Crippen LogP contribution < -0.4 is 10.6 Å². The predicted molar refractivity (Wildman–Crippen MR) is 90.3 cm³/mol. The molecule has 1 fully saturated rings. The number of carbonyl (C=O) groups excluding carboxylic acids is 4. The van der Waals surface area contributed by atoms with E-state index in [1.54, 1.807) is 25.1 Å². The van der Waals surface area contributed by atoms with Crippen LogP contribution in [0.25, 0.3) is 10.9 Å². The third-order valence-electron chi connectivity index (χ3n) is 4.86. The van der Waals surface area contributed by atoms with Gasteiger partial charge in [-0.25, -0.2) is 4.79 Å². The van der Waals surface area contributed by atoms with Crippen LogP contribution in [-0.2, 0) is 14.3 Å². The summed E-state index contributed by atoms with van der Waals surface area (Å²) in [6.45, 7) is 2.01. The lowest BCUT2D eigenvalue weighted by atomic mass is 9.86. The summed E-state index contributed by atoms with van der Waals surface area (Å²) in [4.78, 5) is 50.9. The zero-order valence-corrected chi connectivity index (χ0v) is 14.0. The molecule has 0 bridgehead atoms. The first-order valence-electron chi connectivity index (χ1n) is 8.47. The SMILES string of the molecule is CCOC(=O)c1ccc2c3c([nH]c2c1)C(=O)NC3C1CCC(=O)NC1=O. The Hall–Kier alpha value is -3.16. The summed E-state index contributed by atoms with van der Waals surface area (Å²) >= 11 is 0. The molecule has 3 heterocycles. The number of ether oxygens (including phenoxy) is 1. The Labute approximate surface area is 148 Å². The smallest absolute Gasteiger partial charge is 0.338 e. The van der Waals surface area contributed by atoms with E-state index in [9.17, 15) is 19.2 Å². The number of carbonyl (C=O) groups is 4. The fraction of sp³-hybridized carbons (Fsp3) is 0.333. The van der Waals surface area contributed by atoms with Gasteiger partial charge in [-0.05, 0) is 25.5 Å². The van der Waals surface area contributed by atoms with E-state index >= 15 is 0 Å². The van der Waals surface area contributed by atoms with Crippen molar-refractivity contribution < 1.29 is 23.9 Å². The van der Waals surface area contributed by atoms with Crippen molar-refractivity contribution in [3.8, 4) is 0 Å². The number of imide groups is 1.